The van der Waals surface area contributed by atoms with E-state index < -0.39 is 0 Å². The van der Waals surface area contributed by atoms with Crippen LogP contribution < -0.4 is 16.8 Å². The third-order valence-corrected chi connectivity index (χ3v) is 4.38. The lowest BCUT2D eigenvalue weighted by Crippen LogP contribution is -2.51. The van der Waals surface area contributed by atoms with Crippen LogP contribution in [0, 0.1) is 0 Å². The Morgan fingerprint density at radius 1 is 1.21 bits per heavy atom. The van der Waals surface area contributed by atoms with Gasteiger partial charge in [-0.1, -0.05) is 25.7 Å². The minimum atomic E-state index is -0.331. The smallest absolute Gasteiger partial charge is 0.249 e. The zero-order valence-corrected chi connectivity index (χ0v) is 11.7. The van der Waals surface area contributed by atoms with E-state index in [-0.39, 0.29) is 23.7 Å². The Hall–Kier alpha value is -0.650. The van der Waals surface area contributed by atoms with Gasteiger partial charge in [0.25, 0.3) is 0 Å². The summed E-state index contributed by atoms with van der Waals surface area (Å²) in [5.41, 5.74) is 11.7. The van der Waals surface area contributed by atoms with E-state index in [0.29, 0.717) is 13.1 Å². The highest BCUT2D eigenvalue weighted by Gasteiger charge is 2.32. The van der Waals surface area contributed by atoms with Crippen LogP contribution in [-0.4, -0.2) is 36.7 Å². The second kappa shape index (κ2) is 6.68. The fraction of sp³-hybridized carbons (Fsp3) is 0.929. The summed E-state index contributed by atoms with van der Waals surface area (Å²) >= 11 is 0. The molecule has 0 bridgehead atoms. The molecule has 0 aromatic heterocycles. The molecule has 2 atom stereocenters. The average molecular weight is 269 g/mol. The zero-order valence-electron chi connectivity index (χ0n) is 11.7. The normalized spacial score (nSPS) is 30.8. The van der Waals surface area contributed by atoms with Gasteiger partial charge in [-0.3, -0.25) is 4.79 Å². The molecule has 1 heterocycles. The summed E-state index contributed by atoms with van der Waals surface area (Å²) < 4.78 is 5.59. The second-order valence-electron chi connectivity index (χ2n) is 6.05. The molecule has 0 spiro atoms. The molecular formula is C14H27N3O2. The number of nitrogens with one attached hydrogen (secondary N) is 1. The fourth-order valence-electron chi connectivity index (χ4n) is 3.06. The third kappa shape index (κ3) is 4.16. The molecule has 2 rings (SSSR count). The molecule has 1 saturated carbocycles. The first kappa shape index (κ1) is 14.8. The van der Waals surface area contributed by atoms with Gasteiger partial charge in [0.15, 0.2) is 0 Å². The van der Waals surface area contributed by atoms with Crippen molar-refractivity contribution in [1.82, 2.24) is 5.32 Å². The first-order chi connectivity index (χ1) is 9.13. The topological polar surface area (TPSA) is 90.4 Å². The molecule has 2 aliphatic rings. The molecule has 1 saturated heterocycles. The van der Waals surface area contributed by atoms with Crippen LogP contribution in [0.3, 0.4) is 0 Å². The van der Waals surface area contributed by atoms with Crippen LogP contribution in [0.2, 0.25) is 0 Å². The maximum Gasteiger partial charge on any atom is 0.249 e. The summed E-state index contributed by atoms with van der Waals surface area (Å²) in [5, 5.41) is 2.98. The molecule has 0 unspecified atom stereocenters. The van der Waals surface area contributed by atoms with Crippen molar-refractivity contribution in [2.75, 3.05) is 13.1 Å². The van der Waals surface area contributed by atoms with E-state index in [1.54, 1.807) is 0 Å². The predicted molar refractivity (Wildman–Crippen MR) is 74.6 cm³/mol. The highest BCUT2D eigenvalue weighted by molar-refractivity contribution is 5.81. The van der Waals surface area contributed by atoms with E-state index >= 15 is 0 Å². The van der Waals surface area contributed by atoms with Crippen molar-refractivity contribution in [2.45, 2.75) is 69.1 Å². The molecule has 5 heteroatoms. The number of rotatable bonds is 4. The monoisotopic (exact) mass is 269 g/mol. The summed E-state index contributed by atoms with van der Waals surface area (Å²) in [6.45, 7) is 1.06. The Balaban J connectivity index is 1.76. The third-order valence-electron chi connectivity index (χ3n) is 4.38. The molecule has 0 aromatic rings. The molecule has 0 radical (unpaired) electrons. The van der Waals surface area contributed by atoms with Crippen LogP contribution >= 0.6 is 0 Å². The summed E-state index contributed by atoms with van der Waals surface area (Å²) in [5.74, 6) is -0.0231. The summed E-state index contributed by atoms with van der Waals surface area (Å²) in [6.07, 6.45) is 8.22. The second-order valence-corrected chi connectivity index (χ2v) is 6.05. The molecule has 5 nitrogen and oxygen atoms in total. The molecule has 0 aromatic carbocycles. The number of carbonyl (C=O) groups is 1. The van der Waals surface area contributed by atoms with Crippen molar-refractivity contribution in [3.05, 3.63) is 0 Å². The number of hydrogen-bond acceptors (Lipinski definition) is 4. The Labute approximate surface area is 115 Å². The molecule has 110 valence electrons. The quantitative estimate of drug-likeness (QED) is 0.654. The van der Waals surface area contributed by atoms with Crippen molar-refractivity contribution < 1.29 is 9.53 Å². The van der Waals surface area contributed by atoms with Crippen molar-refractivity contribution in [2.24, 2.45) is 11.5 Å². The van der Waals surface area contributed by atoms with Crippen LogP contribution in [0.25, 0.3) is 0 Å². The van der Waals surface area contributed by atoms with Crippen LogP contribution in [0.4, 0.5) is 0 Å². The minimum Gasteiger partial charge on any atom is -0.364 e. The zero-order chi connectivity index (χ0) is 13.7. The van der Waals surface area contributed by atoms with Crippen molar-refractivity contribution in [3.8, 4) is 0 Å². The summed E-state index contributed by atoms with van der Waals surface area (Å²) in [7, 11) is 0. The van der Waals surface area contributed by atoms with Crippen molar-refractivity contribution in [3.63, 3.8) is 0 Å². The largest absolute Gasteiger partial charge is 0.364 e. The standard InChI is InChI=1S/C14H27N3O2/c15-9-11-5-6-12(19-11)13(18)17-10-14(16)7-3-1-2-4-8-14/h11-12H,1-10,15-16H2,(H,17,18)/t11-,12+/m1/s1. The first-order valence-corrected chi connectivity index (χ1v) is 7.55. The van der Waals surface area contributed by atoms with Crippen molar-refractivity contribution >= 4 is 5.91 Å². The lowest BCUT2D eigenvalue weighted by atomic mass is 9.91. The molecule has 2 fully saturated rings. The number of carbonyl (C=O) groups excluding carboxylic acids is 1. The predicted octanol–water partition coefficient (Wildman–Crippen LogP) is 0.661. The number of ether oxygens (including phenoxy) is 1. The minimum absolute atomic E-state index is 0.0231. The Morgan fingerprint density at radius 3 is 2.47 bits per heavy atom. The fourth-order valence-corrected chi connectivity index (χ4v) is 3.06. The molecular weight excluding hydrogens is 242 g/mol. The van der Waals surface area contributed by atoms with Gasteiger partial charge in [-0.05, 0) is 25.7 Å². The van der Waals surface area contributed by atoms with Gasteiger partial charge >= 0.3 is 0 Å². The number of hydrogen-bond donors (Lipinski definition) is 3. The van der Waals surface area contributed by atoms with Crippen LogP contribution in [0.15, 0.2) is 0 Å². The van der Waals surface area contributed by atoms with Gasteiger partial charge in [0, 0.05) is 18.6 Å². The van der Waals surface area contributed by atoms with Crippen LogP contribution in [0.5, 0.6) is 0 Å². The Bertz CT molecular complexity index is 301. The number of amides is 1. The highest BCUT2D eigenvalue weighted by atomic mass is 16.5. The van der Waals surface area contributed by atoms with E-state index in [2.05, 4.69) is 5.32 Å². The van der Waals surface area contributed by atoms with Crippen LogP contribution in [-0.2, 0) is 9.53 Å². The lowest BCUT2D eigenvalue weighted by Gasteiger charge is -2.28. The van der Waals surface area contributed by atoms with Gasteiger partial charge in [-0.2, -0.15) is 0 Å². The molecule has 5 N–H and O–H groups in total. The maximum atomic E-state index is 12.0. The van der Waals surface area contributed by atoms with E-state index in [0.717, 1.165) is 25.7 Å². The van der Waals surface area contributed by atoms with E-state index in [4.69, 9.17) is 16.2 Å². The average Bonchev–Trinajstić information content (AvgIpc) is 2.79. The van der Waals surface area contributed by atoms with Crippen molar-refractivity contribution in [1.29, 1.82) is 0 Å². The van der Waals surface area contributed by atoms with E-state index in [1.165, 1.54) is 25.7 Å². The molecule has 1 aliphatic carbocycles. The van der Waals surface area contributed by atoms with Gasteiger partial charge in [-0.25, -0.2) is 0 Å². The van der Waals surface area contributed by atoms with Gasteiger partial charge in [0.05, 0.1) is 6.10 Å². The highest BCUT2D eigenvalue weighted by Crippen LogP contribution is 2.25. The Morgan fingerprint density at radius 2 is 1.89 bits per heavy atom. The van der Waals surface area contributed by atoms with Gasteiger partial charge in [0.2, 0.25) is 5.91 Å². The summed E-state index contributed by atoms with van der Waals surface area (Å²) in [4.78, 5) is 12.0. The molecule has 1 aliphatic heterocycles. The lowest BCUT2D eigenvalue weighted by molar-refractivity contribution is -0.132. The van der Waals surface area contributed by atoms with E-state index in [9.17, 15) is 4.79 Å². The van der Waals surface area contributed by atoms with Crippen LogP contribution in [0.1, 0.15) is 51.4 Å². The van der Waals surface area contributed by atoms with Gasteiger partial charge < -0.3 is 21.5 Å². The van der Waals surface area contributed by atoms with Gasteiger partial charge in [-0.15, -0.1) is 0 Å². The van der Waals surface area contributed by atoms with Gasteiger partial charge in [0.1, 0.15) is 6.10 Å². The SMILES string of the molecule is NC[C@H]1CC[C@@H](C(=O)NCC2(N)CCCCCC2)O1. The number of nitrogens with two attached hydrogens (primary N) is 2. The molecule has 1 amide bonds. The van der Waals surface area contributed by atoms with E-state index in [1.807, 2.05) is 0 Å². The Kier molecular flexibility index (Phi) is 5.19. The maximum absolute atomic E-state index is 12.0. The summed E-state index contributed by atoms with van der Waals surface area (Å²) in [6, 6.07) is 0. The molecule has 19 heavy (non-hydrogen) atoms. The first-order valence-electron chi connectivity index (χ1n) is 7.55.